The van der Waals surface area contributed by atoms with E-state index in [1.165, 1.54) is 0 Å². The predicted molar refractivity (Wildman–Crippen MR) is 49.7 cm³/mol. The Kier molecular flexibility index (Phi) is 277. The average Bonchev–Trinajstić information content (AvgIpc) is 0. The molecule has 0 amide bonds. The first-order valence-electron chi connectivity index (χ1n) is 0. The third-order valence-electron chi connectivity index (χ3n) is 0. The van der Waals surface area contributed by atoms with Crippen LogP contribution in [0.1, 0.15) is 0 Å². The Morgan fingerprint density at radius 2 is 0.833 bits per heavy atom. The van der Waals surface area contributed by atoms with Gasteiger partial charge < -0.3 is 0 Å². The monoisotopic (exact) mass is 331 g/mol. The van der Waals surface area contributed by atoms with Gasteiger partial charge in [-0.15, -0.1) is 0 Å². The van der Waals surface area contributed by atoms with Crippen LogP contribution in [0.4, 0.5) is 0 Å². The summed E-state index contributed by atoms with van der Waals surface area (Å²) in [5.41, 5.74) is 0. The Bertz CT molecular complexity index is 13.5. The van der Waals surface area contributed by atoms with Crippen molar-refractivity contribution in [2.45, 2.75) is 0 Å². The molecule has 0 spiro atoms. The maximum absolute atomic E-state index is 0. The number of rotatable bonds is 0. The number of hydrogen-bond donors (Lipinski definition) is 0. The van der Waals surface area contributed by atoms with Gasteiger partial charge in [-0.1, -0.05) is 0 Å². The van der Waals surface area contributed by atoms with Crippen molar-refractivity contribution < 1.29 is 17.1 Å². The molecule has 0 aromatic heterocycles. The van der Waals surface area contributed by atoms with Crippen LogP contribution in [0.2, 0.25) is 0 Å². The van der Waals surface area contributed by atoms with E-state index in [1.54, 1.807) is 0 Å². The Hall–Kier alpha value is 4.32. The van der Waals surface area contributed by atoms with Crippen molar-refractivity contribution in [3.63, 3.8) is 0 Å². The van der Waals surface area contributed by atoms with Gasteiger partial charge >= 0.3 is 86.6 Å². The van der Waals surface area contributed by atoms with Gasteiger partial charge in [-0.05, 0) is 21.9 Å². The fourth-order valence-corrected chi connectivity index (χ4v) is 0. The molecule has 0 saturated carbocycles. The fraction of sp³-hybridized carbons (Fsp3) is 0. The van der Waals surface area contributed by atoms with E-state index in [2.05, 4.69) is 0 Å². The number of hydrogen-bond acceptors (Lipinski definition) is 0. The van der Waals surface area contributed by atoms with Gasteiger partial charge in [0.25, 0.3) is 0 Å². The Morgan fingerprint density at radius 1 is 0.833 bits per heavy atom. The minimum Gasteiger partial charge on any atom is -0.0149 e. The molecule has 0 unspecified atom stereocenters. The second kappa shape index (κ2) is 34.6. The molecule has 0 aromatic carbocycles. The molecule has 0 aromatic rings. The first-order chi connectivity index (χ1) is 0. The molecule has 0 aliphatic carbocycles. The van der Waals surface area contributed by atoms with Gasteiger partial charge in [-0.3, -0.25) is 0 Å². The van der Waals surface area contributed by atoms with Crippen molar-refractivity contribution in [1.29, 1.82) is 0 Å². The zero-order chi connectivity index (χ0) is 0. The molecule has 0 aliphatic heterocycles. The molecule has 0 rings (SSSR count). The van der Waals surface area contributed by atoms with E-state index in [4.69, 9.17) is 0 Å². The SMILES string of the molecule is [AlH3].[BaH2].[CaH2].[Mn].[SiH4].[SiH4]. The van der Waals surface area contributed by atoms with E-state index in [0.717, 1.165) is 0 Å². The summed E-state index contributed by atoms with van der Waals surface area (Å²) in [6.07, 6.45) is 0. The summed E-state index contributed by atoms with van der Waals surface area (Å²) < 4.78 is 0. The molecule has 0 atom stereocenters. The van der Waals surface area contributed by atoms with E-state index in [1.807, 2.05) is 0 Å². The normalized spacial score (nSPS) is 0. The average molecular weight is 331 g/mol. The van der Waals surface area contributed by atoms with Gasteiger partial charge in [-0.25, -0.2) is 0 Å². The van der Waals surface area contributed by atoms with Crippen molar-refractivity contribution in [2.75, 3.05) is 0 Å². The van der Waals surface area contributed by atoms with Crippen LogP contribution in [0, 0.1) is 0 Å². The van der Waals surface area contributed by atoms with Gasteiger partial charge in [0, 0.05) is 17.1 Å². The van der Waals surface area contributed by atoms with Gasteiger partial charge in [0.2, 0.25) is 0 Å². The van der Waals surface area contributed by atoms with E-state index in [9.17, 15) is 0 Å². The van der Waals surface area contributed by atoms with Crippen molar-refractivity contribution >= 4 is 126 Å². The minimum atomic E-state index is 0. The Balaban J connectivity index is 0. The molecule has 0 N–H and O–H groups in total. The van der Waals surface area contributed by atoms with Crippen LogP contribution in [0.3, 0.4) is 0 Å². The molecule has 37 valence electrons. The second-order valence-electron chi connectivity index (χ2n) is 0. The van der Waals surface area contributed by atoms with E-state index >= 15 is 0 Å². The van der Waals surface area contributed by atoms with Gasteiger partial charge in [0.1, 0.15) is 0 Å². The van der Waals surface area contributed by atoms with Crippen molar-refractivity contribution in [3.05, 3.63) is 0 Å². The molecule has 6 heavy (non-hydrogen) atoms. The minimum absolute atomic E-state index is 0. The summed E-state index contributed by atoms with van der Waals surface area (Å²) in [7, 11) is 0. The Morgan fingerprint density at radius 3 is 0.833 bits per heavy atom. The van der Waals surface area contributed by atoms with E-state index < -0.39 is 0 Å². The second-order valence-corrected chi connectivity index (χ2v) is 0. The first-order valence-corrected chi connectivity index (χ1v) is 0. The van der Waals surface area contributed by atoms with Crippen LogP contribution in [0.5, 0.6) is 0 Å². The molecule has 0 heterocycles. The molecular formula is H15AlBaCaMnSi2. The molecule has 6 heteroatoms. The topological polar surface area (TPSA) is 0 Å². The Labute approximate surface area is 139 Å². The van der Waals surface area contributed by atoms with Gasteiger partial charge in [0.05, 0.1) is 0 Å². The summed E-state index contributed by atoms with van der Waals surface area (Å²) in [5.74, 6) is 0. The largest absolute Gasteiger partial charge is 0.0149 e. The molecule has 0 nitrogen and oxygen atoms in total. The van der Waals surface area contributed by atoms with Crippen molar-refractivity contribution in [3.8, 4) is 0 Å². The van der Waals surface area contributed by atoms with Crippen LogP contribution in [0.25, 0.3) is 0 Å². The fourth-order valence-electron chi connectivity index (χ4n) is 0. The zero-order valence-electron chi connectivity index (χ0n) is 0.378. The summed E-state index contributed by atoms with van der Waals surface area (Å²) in [6.45, 7) is 0. The molecule has 1 radical (unpaired) electrons. The van der Waals surface area contributed by atoms with Crippen molar-refractivity contribution in [2.24, 2.45) is 0 Å². The van der Waals surface area contributed by atoms with Crippen LogP contribution in [-0.2, 0) is 17.1 Å². The maximum Gasteiger partial charge on any atom is 0 e. The van der Waals surface area contributed by atoms with Crippen LogP contribution in [-0.4, -0.2) is 126 Å². The van der Waals surface area contributed by atoms with Gasteiger partial charge in [-0.2, -0.15) is 0 Å². The van der Waals surface area contributed by atoms with Crippen LogP contribution in [0.15, 0.2) is 0 Å². The summed E-state index contributed by atoms with van der Waals surface area (Å²) in [4.78, 5) is 0. The molecule has 0 bridgehead atoms. The maximum atomic E-state index is 0. The standard InChI is InChI=1S/Al.Ba.Ca.Mn.2H4Si.7H/h;;;;2*1H4;;;;;;;. The quantitative estimate of drug-likeness (QED) is 0.388. The zero-order valence-corrected chi connectivity index (χ0v) is 1.56. The first kappa shape index (κ1) is 48.1. The summed E-state index contributed by atoms with van der Waals surface area (Å²) >= 11 is 0. The third-order valence-corrected chi connectivity index (χ3v) is 0. The summed E-state index contributed by atoms with van der Waals surface area (Å²) in [6, 6.07) is 0. The smallest absolute Gasteiger partial charge is 0 e. The predicted octanol–water partition coefficient (Wildman–Crippen LogP) is -5.92. The van der Waals surface area contributed by atoms with E-state index in [0.29, 0.717) is 0 Å². The van der Waals surface area contributed by atoms with Crippen LogP contribution >= 0.6 is 0 Å². The third kappa shape index (κ3) is 23.9. The molecule has 0 aliphatic rings. The van der Waals surface area contributed by atoms with Gasteiger partial charge in [0.15, 0.2) is 17.4 Å². The van der Waals surface area contributed by atoms with Crippen molar-refractivity contribution in [1.82, 2.24) is 0 Å². The van der Waals surface area contributed by atoms with Crippen LogP contribution < -0.4 is 0 Å². The molecule has 0 fully saturated rings. The van der Waals surface area contributed by atoms with E-state index in [-0.39, 0.29) is 143 Å². The summed E-state index contributed by atoms with van der Waals surface area (Å²) in [5, 5.41) is 0. The molecular weight excluding hydrogens is 315 g/mol. The molecule has 0 saturated heterocycles.